The van der Waals surface area contributed by atoms with Gasteiger partial charge in [-0.05, 0) is 13.0 Å². The van der Waals surface area contributed by atoms with Gasteiger partial charge in [-0.3, -0.25) is 9.59 Å². The van der Waals surface area contributed by atoms with Crippen LogP contribution >= 0.6 is 11.8 Å². The lowest BCUT2D eigenvalue weighted by molar-refractivity contribution is -0.122. The minimum Gasteiger partial charge on any atom is -0.350 e. The molecule has 6 heteroatoms. The Labute approximate surface area is 86.4 Å². The summed E-state index contributed by atoms with van der Waals surface area (Å²) >= 11 is 1.17. The SMILES string of the molecule is O=C1N[C@H](C(=O)NC2CCNC2)CS1. The summed E-state index contributed by atoms with van der Waals surface area (Å²) in [5.74, 6) is 0.488. The summed E-state index contributed by atoms with van der Waals surface area (Å²) in [6.45, 7) is 1.79. The van der Waals surface area contributed by atoms with Gasteiger partial charge in [0, 0.05) is 18.3 Å². The highest BCUT2D eigenvalue weighted by atomic mass is 32.2. The van der Waals surface area contributed by atoms with E-state index in [0.717, 1.165) is 19.5 Å². The smallest absolute Gasteiger partial charge is 0.279 e. The Morgan fingerprint density at radius 3 is 3.00 bits per heavy atom. The fraction of sp³-hybridized carbons (Fsp3) is 0.750. The van der Waals surface area contributed by atoms with Gasteiger partial charge in [0.25, 0.3) is 5.24 Å². The van der Waals surface area contributed by atoms with E-state index in [-0.39, 0.29) is 23.2 Å². The van der Waals surface area contributed by atoms with Crippen LogP contribution in [0.15, 0.2) is 0 Å². The highest BCUT2D eigenvalue weighted by Gasteiger charge is 2.29. The lowest BCUT2D eigenvalue weighted by Gasteiger charge is -2.14. The first kappa shape index (κ1) is 9.79. The van der Waals surface area contributed by atoms with Crippen LogP contribution in [0.4, 0.5) is 4.79 Å². The first-order valence-corrected chi connectivity index (χ1v) is 5.68. The molecule has 78 valence electrons. The van der Waals surface area contributed by atoms with E-state index in [1.807, 2.05) is 0 Å². The minimum atomic E-state index is -0.340. The summed E-state index contributed by atoms with van der Waals surface area (Å²) in [7, 11) is 0. The van der Waals surface area contributed by atoms with E-state index < -0.39 is 0 Å². The van der Waals surface area contributed by atoms with Gasteiger partial charge in [-0.1, -0.05) is 11.8 Å². The number of carbonyl (C=O) groups excluding carboxylic acids is 2. The van der Waals surface area contributed by atoms with Crippen molar-refractivity contribution in [3.63, 3.8) is 0 Å². The van der Waals surface area contributed by atoms with Crippen LogP contribution in [0.5, 0.6) is 0 Å². The quantitative estimate of drug-likeness (QED) is 0.569. The first-order valence-electron chi connectivity index (χ1n) is 4.70. The van der Waals surface area contributed by atoms with Crippen molar-refractivity contribution in [1.29, 1.82) is 0 Å². The maximum atomic E-state index is 11.6. The second-order valence-corrected chi connectivity index (χ2v) is 4.49. The molecule has 1 unspecified atom stereocenters. The Morgan fingerprint density at radius 1 is 1.57 bits per heavy atom. The maximum Gasteiger partial charge on any atom is 0.279 e. The summed E-state index contributed by atoms with van der Waals surface area (Å²) in [5.41, 5.74) is 0. The van der Waals surface area contributed by atoms with E-state index in [9.17, 15) is 9.59 Å². The van der Waals surface area contributed by atoms with E-state index in [4.69, 9.17) is 0 Å². The van der Waals surface area contributed by atoms with E-state index in [2.05, 4.69) is 16.0 Å². The summed E-state index contributed by atoms with van der Waals surface area (Å²) in [6.07, 6.45) is 0.972. The Kier molecular flexibility index (Phi) is 2.93. The third kappa shape index (κ3) is 2.19. The van der Waals surface area contributed by atoms with E-state index in [0.29, 0.717) is 5.75 Å². The lowest BCUT2D eigenvalue weighted by Crippen LogP contribution is -2.47. The van der Waals surface area contributed by atoms with E-state index >= 15 is 0 Å². The van der Waals surface area contributed by atoms with Crippen molar-refractivity contribution in [2.75, 3.05) is 18.8 Å². The second kappa shape index (κ2) is 4.18. The highest BCUT2D eigenvalue weighted by molar-refractivity contribution is 8.14. The molecule has 2 aliphatic rings. The fourth-order valence-corrected chi connectivity index (χ4v) is 2.38. The molecule has 0 saturated carbocycles. The number of carbonyl (C=O) groups is 2. The number of thioether (sulfide) groups is 1. The average Bonchev–Trinajstić information content (AvgIpc) is 2.75. The molecular formula is C8H13N3O2S. The standard InChI is InChI=1S/C8H13N3O2S/c12-7(6-4-14-8(13)11-6)10-5-1-2-9-3-5/h5-6,9H,1-4H2,(H,10,12)(H,11,13)/t5?,6-/m0/s1. The Hall–Kier alpha value is -0.750. The molecule has 2 saturated heterocycles. The molecule has 2 atom stereocenters. The molecule has 0 aromatic rings. The van der Waals surface area contributed by atoms with Crippen molar-refractivity contribution >= 4 is 22.9 Å². The van der Waals surface area contributed by atoms with Gasteiger partial charge in [-0.25, -0.2) is 0 Å². The van der Waals surface area contributed by atoms with E-state index in [1.165, 1.54) is 11.8 Å². The maximum absolute atomic E-state index is 11.6. The fourth-order valence-electron chi connectivity index (χ4n) is 1.61. The van der Waals surface area contributed by atoms with Crippen LogP contribution in [0.3, 0.4) is 0 Å². The van der Waals surface area contributed by atoms with Gasteiger partial charge in [0.05, 0.1) is 0 Å². The van der Waals surface area contributed by atoms with Crippen LogP contribution in [0.1, 0.15) is 6.42 Å². The van der Waals surface area contributed by atoms with Gasteiger partial charge < -0.3 is 16.0 Å². The number of hydrogen-bond donors (Lipinski definition) is 3. The second-order valence-electron chi connectivity index (χ2n) is 3.49. The van der Waals surface area contributed by atoms with Crippen molar-refractivity contribution < 1.29 is 9.59 Å². The minimum absolute atomic E-state index is 0.0583. The largest absolute Gasteiger partial charge is 0.350 e. The van der Waals surface area contributed by atoms with Gasteiger partial charge in [0.2, 0.25) is 5.91 Å². The van der Waals surface area contributed by atoms with Gasteiger partial charge >= 0.3 is 0 Å². The van der Waals surface area contributed by atoms with Crippen molar-refractivity contribution in [3.05, 3.63) is 0 Å². The lowest BCUT2D eigenvalue weighted by atomic mass is 10.2. The number of nitrogens with one attached hydrogen (secondary N) is 3. The third-order valence-corrected chi connectivity index (χ3v) is 3.28. The zero-order valence-electron chi connectivity index (χ0n) is 7.71. The van der Waals surface area contributed by atoms with Crippen LogP contribution in [0.2, 0.25) is 0 Å². The van der Waals surface area contributed by atoms with Gasteiger partial charge in [-0.2, -0.15) is 0 Å². The average molecular weight is 215 g/mol. The van der Waals surface area contributed by atoms with Crippen LogP contribution < -0.4 is 16.0 Å². The van der Waals surface area contributed by atoms with Crippen molar-refractivity contribution in [2.24, 2.45) is 0 Å². The Morgan fingerprint density at radius 2 is 2.43 bits per heavy atom. The normalized spacial score (nSPS) is 31.6. The zero-order valence-corrected chi connectivity index (χ0v) is 8.52. The van der Waals surface area contributed by atoms with Gasteiger partial charge in [-0.15, -0.1) is 0 Å². The molecule has 2 fully saturated rings. The molecule has 2 aliphatic heterocycles. The van der Waals surface area contributed by atoms with Crippen molar-refractivity contribution in [3.8, 4) is 0 Å². The molecule has 0 radical (unpaired) electrons. The number of hydrogen-bond acceptors (Lipinski definition) is 4. The van der Waals surface area contributed by atoms with Crippen LogP contribution in [0.25, 0.3) is 0 Å². The number of amides is 2. The predicted molar refractivity (Wildman–Crippen MR) is 54.2 cm³/mol. The van der Waals surface area contributed by atoms with Crippen molar-refractivity contribution in [2.45, 2.75) is 18.5 Å². The van der Waals surface area contributed by atoms with Crippen molar-refractivity contribution in [1.82, 2.24) is 16.0 Å². The molecule has 2 rings (SSSR count). The topological polar surface area (TPSA) is 70.2 Å². The van der Waals surface area contributed by atoms with Crippen LogP contribution in [0, 0.1) is 0 Å². The van der Waals surface area contributed by atoms with Gasteiger partial charge in [0.15, 0.2) is 0 Å². The molecule has 0 aromatic carbocycles. The molecule has 0 aromatic heterocycles. The molecule has 14 heavy (non-hydrogen) atoms. The van der Waals surface area contributed by atoms with Gasteiger partial charge in [0.1, 0.15) is 6.04 Å². The Bertz CT molecular complexity index is 253. The number of rotatable bonds is 2. The molecule has 3 N–H and O–H groups in total. The van der Waals surface area contributed by atoms with Crippen LogP contribution in [-0.2, 0) is 4.79 Å². The highest BCUT2D eigenvalue weighted by Crippen LogP contribution is 2.13. The Balaban J connectivity index is 1.80. The van der Waals surface area contributed by atoms with Crippen LogP contribution in [-0.4, -0.2) is 42.1 Å². The molecular weight excluding hydrogens is 202 g/mol. The molecule has 2 amide bonds. The monoisotopic (exact) mass is 215 g/mol. The summed E-state index contributed by atoms with van der Waals surface area (Å²) in [6, 6.07) is -0.113. The summed E-state index contributed by atoms with van der Waals surface area (Å²) < 4.78 is 0. The molecule has 0 spiro atoms. The zero-order chi connectivity index (χ0) is 9.97. The third-order valence-electron chi connectivity index (χ3n) is 2.40. The molecule has 5 nitrogen and oxygen atoms in total. The van der Waals surface area contributed by atoms with E-state index in [1.54, 1.807) is 0 Å². The summed E-state index contributed by atoms with van der Waals surface area (Å²) in [4.78, 5) is 22.4. The molecule has 0 aliphatic carbocycles. The molecule has 0 bridgehead atoms. The molecule has 2 heterocycles. The summed E-state index contributed by atoms with van der Waals surface area (Å²) in [5, 5.41) is 8.60. The predicted octanol–water partition coefficient (Wildman–Crippen LogP) is -0.710. The first-order chi connectivity index (χ1) is 6.75.